The first-order valence-corrected chi connectivity index (χ1v) is 38.5. The van der Waals surface area contributed by atoms with Crippen LogP contribution in [0, 0.1) is 16.7 Å². The third-order valence-electron chi connectivity index (χ3n) is 14.8. The van der Waals surface area contributed by atoms with Gasteiger partial charge >= 0.3 is 11.9 Å². The highest BCUT2D eigenvalue weighted by Gasteiger charge is 2.23. The zero-order chi connectivity index (χ0) is 82.6. The van der Waals surface area contributed by atoms with E-state index in [0.717, 1.165) is 6.42 Å². The van der Waals surface area contributed by atoms with Crippen molar-refractivity contribution in [3.05, 3.63) is 0 Å². The fourth-order valence-electron chi connectivity index (χ4n) is 8.31. The molecule has 0 spiro atoms. The molecule has 0 aromatic heterocycles. The van der Waals surface area contributed by atoms with Crippen molar-refractivity contribution in [2.45, 2.75) is 172 Å². The van der Waals surface area contributed by atoms with Crippen LogP contribution < -0.4 is 21.3 Å². The Labute approximate surface area is 653 Å². The second-order valence-electron chi connectivity index (χ2n) is 27.0. The summed E-state index contributed by atoms with van der Waals surface area (Å²) in [6.45, 7) is 34.8. The smallest absolute Gasteiger partial charge is 0.326 e. The lowest BCUT2D eigenvalue weighted by Gasteiger charge is -2.16. The van der Waals surface area contributed by atoms with Gasteiger partial charge in [-0.25, -0.2) is 9.59 Å². The molecule has 0 saturated heterocycles. The van der Waals surface area contributed by atoms with Crippen molar-refractivity contribution in [2.75, 3.05) is 238 Å². The van der Waals surface area contributed by atoms with Crippen LogP contribution in [0.4, 0.5) is 0 Å². The zero-order valence-electron chi connectivity index (χ0n) is 68.2. The topological polar surface area (TPSA) is 433 Å². The Balaban J connectivity index is -0.00000183. The van der Waals surface area contributed by atoms with Crippen LogP contribution in [0.15, 0.2) is 0 Å². The predicted octanol–water partition coefficient (Wildman–Crippen LogP) is 4.34. The van der Waals surface area contributed by atoms with E-state index in [4.69, 9.17) is 90.7 Å². The Bertz CT molecular complexity index is 2340. The maximum absolute atomic E-state index is 11.9. The molecule has 110 heavy (non-hydrogen) atoms. The van der Waals surface area contributed by atoms with Crippen LogP contribution in [0.2, 0.25) is 0 Å². The summed E-state index contributed by atoms with van der Waals surface area (Å²) < 4.78 is 92.2. The summed E-state index contributed by atoms with van der Waals surface area (Å²) in [5.74, 6) is -2.94. The molecule has 0 unspecified atom stereocenters. The Morgan fingerprint density at radius 1 is 0.300 bits per heavy atom. The Kier molecular flexibility index (Phi) is 76.5. The zero-order valence-corrected chi connectivity index (χ0v) is 68.2. The van der Waals surface area contributed by atoms with Crippen LogP contribution in [-0.2, 0) is 133 Å². The summed E-state index contributed by atoms with van der Waals surface area (Å²) in [6.07, 6.45) is 4.38. The van der Waals surface area contributed by atoms with Crippen LogP contribution in [0.5, 0.6) is 0 Å². The molecule has 34 heteroatoms. The average Bonchev–Trinajstić information content (AvgIpc) is 0.936. The normalized spacial score (nSPS) is 11.9. The number of nitrogens with one attached hydrogen (secondary N) is 4. The first-order chi connectivity index (χ1) is 52.5. The Hall–Kier alpha value is -5.51. The first kappa shape index (κ1) is 109. The van der Waals surface area contributed by atoms with E-state index in [9.17, 15) is 52.7 Å². The molecule has 0 aromatic carbocycles. The molecule has 644 valence electrons. The van der Waals surface area contributed by atoms with E-state index >= 15 is 0 Å². The number of rotatable bonds is 77. The maximum Gasteiger partial charge on any atom is 0.326 e. The lowest BCUT2D eigenvalue weighted by molar-refractivity contribution is -0.142. The Morgan fingerprint density at radius 3 is 0.827 bits per heavy atom. The number of ketones is 5. The fourth-order valence-corrected chi connectivity index (χ4v) is 8.31. The third kappa shape index (κ3) is 82.0. The molecule has 0 heterocycles. The van der Waals surface area contributed by atoms with E-state index in [1.165, 1.54) is 13.8 Å². The van der Waals surface area contributed by atoms with Crippen LogP contribution in [0.25, 0.3) is 0 Å². The highest BCUT2D eigenvalue weighted by Crippen LogP contribution is 2.17. The lowest BCUT2D eigenvalue weighted by Crippen LogP contribution is -2.40. The standard InChI is InChI=1S/C39H73NO17.C24H43N3O10.C13H24O3/c1-34(41)40-36(38(44)45)8-7-35(42)6-5-10-46-12-14-48-16-18-50-20-22-52-24-26-54-28-30-56-32-33-57-31-29-55-27-25-53-23-21-51-19-17-49-15-13-47-11-9-37(43)39(2,3)4;1-18(2)21(29)6-10-34-14-16-37-13-9-26-23(31)7-11-35-15-17-36-12-8-25-22(30)5-4-20(24(32)33)27-19(3)28;1-5-11(14)7-6-9-16-10-8-12(15)13(2,3)4/h36H,5-33H2,1-4H3,(H,40,41)(H,44,45);18,20H,4-17H2,1-3H3,(H,25,30)(H,26,31)(H,27,28)(H,32,33);5-10H2,1-4H3/t36-;20-;/m00./s1. The summed E-state index contributed by atoms with van der Waals surface area (Å²) in [6, 6.07) is -2.15. The third-order valence-corrected chi connectivity index (χ3v) is 14.8. The number of aliphatic carboxylic acids is 2. The SMILES string of the molecule is CC(=O)N[C@@H](CCC(=O)CCCOCCOCCOCCOCCOCCOCCOCCOCCOCCOCCOCCOCCC(=O)C(C)(C)C)C(=O)O.CC(=O)N[C@@H](CCC(=O)NCCOCCOCCC(=O)NCCOCCOCCC(=O)C(C)C)C(=O)O.CCC(=O)CCCOCCC(=O)C(C)(C)C. The van der Waals surface area contributed by atoms with Crippen molar-refractivity contribution >= 4 is 64.5 Å². The molecule has 4 amide bonds. The van der Waals surface area contributed by atoms with Gasteiger partial charge in [0, 0.05) is 115 Å². The molecule has 0 radical (unpaired) electrons. The first-order valence-electron chi connectivity index (χ1n) is 38.5. The van der Waals surface area contributed by atoms with Gasteiger partial charge in [0.1, 0.15) is 41.0 Å². The van der Waals surface area contributed by atoms with E-state index in [1.54, 1.807) is 0 Å². The number of amides is 4. The van der Waals surface area contributed by atoms with Crippen LogP contribution in [0.1, 0.15) is 160 Å². The number of hydrogen-bond acceptors (Lipinski definition) is 28. The summed E-state index contributed by atoms with van der Waals surface area (Å²) in [7, 11) is 0. The maximum atomic E-state index is 11.9. The van der Waals surface area contributed by atoms with Crippen molar-refractivity contribution in [3.63, 3.8) is 0 Å². The van der Waals surface area contributed by atoms with Crippen LogP contribution in [-0.4, -0.2) is 325 Å². The van der Waals surface area contributed by atoms with Gasteiger partial charge < -0.3 is 112 Å². The highest BCUT2D eigenvalue weighted by molar-refractivity contribution is 5.86. The van der Waals surface area contributed by atoms with Crippen molar-refractivity contribution < 1.29 is 143 Å². The van der Waals surface area contributed by atoms with E-state index < -0.39 is 35.8 Å². The molecule has 0 rings (SSSR count). The molecular formula is C76H140N4O30. The molecule has 0 aliphatic heterocycles. The van der Waals surface area contributed by atoms with Crippen LogP contribution in [0.3, 0.4) is 0 Å². The molecule has 0 aromatic rings. The minimum Gasteiger partial charge on any atom is -0.480 e. The van der Waals surface area contributed by atoms with Gasteiger partial charge in [0.2, 0.25) is 23.6 Å². The number of ether oxygens (including phenoxy) is 17. The lowest BCUT2D eigenvalue weighted by atomic mass is 9.89. The van der Waals surface area contributed by atoms with Crippen molar-refractivity contribution in [1.82, 2.24) is 21.3 Å². The number of carbonyl (C=O) groups excluding carboxylic acids is 9. The second-order valence-corrected chi connectivity index (χ2v) is 27.0. The van der Waals surface area contributed by atoms with Gasteiger partial charge in [-0.05, 0) is 25.7 Å². The van der Waals surface area contributed by atoms with Crippen LogP contribution >= 0.6 is 0 Å². The average molecular weight is 1590 g/mol. The molecule has 0 aliphatic carbocycles. The largest absolute Gasteiger partial charge is 0.480 e. The predicted molar refractivity (Wildman–Crippen MR) is 405 cm³/mol. The van der Waals surface area contributed by atoms with Gasteiger partial charge in [0.15, 0.2) is 0 Å². The molecule has 0 aliphatic rings. The van der Waals surface area contributed by atoms with Gasteiger partial charge in [-0.1, -0.05) is 62.3 Å². The molecule has 34 nitrogen and oxygen atoms in total. The minimum absolute atomic E-state index is 0.00621. The van der Waals surface area contributed by atoms with Crippen molar-refractivity contribution in [1.29, 1.82) is 0 Å². The van der Waals surface area contributed by atoms with E-state index in [-0.39, 0.29) is 109 Å². The molecular weight excluding hydrogens is 1450 g/mol. The van der Waals surface area contributed by atoms with Gasteiger partial charge in [-0.15, -0.1) is 0 Å². The van der Waals surface area contributed by atoms with Crippen molar-refractivity contribution in [3.8, 4) is 0 Å². The summed E-state index contributed by atoms with van der Waals surface area (Å²) in [5, 5.41) is 28.0. The second kappa shape index (κ2) is 77.4. The number of carboxylic acids is 2. The van der Waals surface area contributed by atoms with Gasteiger partial charge in [0.25, 0.3) is 0 Å². The molecule has 0 saturated carbocycles. The molecule has 6 N–H and O–H groups in total. The monoisotopic (exact) mass is 1590 g/mol. The summed E-state index contributed by atoms with van der Waals surface area (Å²) in [4.78, 5) is 125. The van der Waals surface area contributed by atoms with Crippen molar-refractivity contribution in [2.24, 2.45) is 16.7 Å². The summed E-state index contributed by atoms with van der Waals surface area (Å²) >= 11 is 0. The fraction of sp³-hybridized carbons (Fsp3) is 0.855. The Morgan fingerprint density at radius 2 is 0.545 bits per heavy atom. The van der Waals surface area contributed by atoms with E-state index in [2.05, 4.69) is 21.3 Å². The minimum atomic E-state index is -1.19. The number of carboxylic acid groups (broad SMARTS) is 2. The molecule has 0 bridgehead atoms. The van der Waals surface area contributed by atoms with Gasteiger partial charge in [0.05, 0.1) is 211 Å². The number of Topliss-reactive ketones (excluding diaryl/α,β-unsaturated/α-hetero) is 5. The van der Waals surface area contributed by atoms with E-state index in [0.29, 0.717) is 263 Å². The van der Waals surface area contributed by atoms with Gasteiger partial charge in [-0.2, -0.15) is 0 Å². The number of carbonyl (C=O) groups is 11. The van der Waals surface area contributed by atoms with E-state index in [1.807, 2.05) is 62.3 Å². The molecule has 2 atom stereocenters. The highest BCUT2D eigenvalue weighted by atomic mass is 16.6. The van der Waals surface area contributed by atoms with Gasteiger partial charge in [-0.3, -0.25) is 43.2 Å². The number of hydrogen-bond donors (Lipinski definition) is 6. The summed E-state index contributed by atoms with van der Waals surface area (Å²) in [5.41, 5.74) is -0.601. The quantitative estimate of drug-likeness (QED) is 0.0461. The molecule has 0 fully saturated rings.